The molecule has 0 aromatic heterocycles. The van der Waals surface area contributed by atoms with Crippen LogP contribution in [0.1, 0.15) is 69.2 Å². The summed E-state index contributed by atoms with van der Waals surface area (Å²) in [5, 5.41) is 0. The predicted molar refractivity (Wildman–Crippen MR) is 270 cm³/mol. The fourth-order valence-electron chi connectivity index (χ4n) is 8.23. The van der Waals surface area contributed by atoms with E-state index in [-0.39, 0.29) is 0 Å². The molecule has 2 heterocycles. The molecule has 0 spiro atoms. The summed E-state index contributed by atoms with van der Waals surface area (Å²) in [6, 6.07) is 41.7. The van der Waals surface area contributed by atoms with E-state index in [9.17, 15) is 0 Å². The Labute approximate surface area is 368 Å². The van der Waals surface area contributed by atoms with Crippen molar-refractivity contribution in [2.45, 2.75) is 47.0 Å². The van der Waals surface area contributed by atoms with Crippen LogP contribution in [-0.4, -0.2) is 5.84 Å². The molecule has 8 rings (SSSR count). The molecule has 0 radical (unpaired) electrons. The Morgan fingerprint density at radius 1 is 0.613 bits per heavy atom. The Morgan fingerprint density at radius 2 is 1.24 bits per heavy atom. The van der Waals surface area contributed by atoms with Crippen molar-refractivity contribution in [1.29, 1.82) is 0 Å². The maximum absolute atomic E-state index is 6.68. The lowest BCUT2D eigenvalue weighted by Crippen LogP contribution is -2.18. The number of nitrogens with two attached hydrogens (primary N) is 1. The first kappa shape index (κ1) is 42.5. The minimum Gasteiger partial charge on any atom is -0.383 e. The molecule has 4 heteroatoms. The van der Waals surface area contributed by atoms with Gasteiger partial charge in [-0.1, -0.05) is 140 Å². The van der Waals surface area contributed by atoms with Gasteiger partial charge in [-0.3, -0.25) is 0 Å². The fourth-order valence-corrected chi connectivity index (χ4v) is 8.23. The van der Waals surface area contributed by atoms with Gasteiger partial charge in [-0.15, -0.1) is 12.8 Å². The Bertz CT molecular complexity index is 2780. The molecule has 0 fully saturated rings. The van der Waals surface area contributed by atoms with Crippen LogP contribution in [0.5, 0.6) is 0 Å². The van der Waals surface area contributed by atoms with E-state index in [1.165, 1.54) is 39.3 Å². The molecule has 0 saturated carbocycles. The molecule has 2 aliphatic heterocycles. The molecular formula is C58H54N4. The minimum atomic E-state index is 0.483. The van der Waals surface area contributed by atoms with Crippen molar-refractivity contribution in [3.8, 4) is 24.0 Å². The zero-order valence-corrected chi connectivity index (χ0v) is 36.2. The average Bonchev–Trinajstić information content (AvgIpc) is 3.60. The molecule has 62 heavy (non-hydrogen) atoms. The highest BCUT2D eigenvalue weighted by Gasteiger charge is 2.25. The van der Waals surface area contributed by atoms with Gasteiger partial charge in [0.05, 0.1) is 22.8 Å². The van der Waals surface area contributed by atoms with Crippen LogP contribution < -0.4 is 15.5 Å². The summed E-state index contributed by atoms with van der Waals surface area (Å²) in [5.74, 6) is 0.483. The highest BCUT2D eigenvalue weighted by atomic mass is 15.2. The number of hydrogen-bond acceptors (Lipinski definition) is 3. The van der Waals surface area contributed by atoms with Gasteiger partial charge in [0, 0.05) is 28.2 Å². The summed E-state index contributed by atoms with van der Waals surface area (Å²) in [6.45, 7) is 8.10. The zero-order valence-electron chi connectivity index (χ0n) is 36.2. The molecule has 0 bridgehead atoms. The number of para-hydroxylation sites is 2. The lowest BCUT2D eigenvalue weighted by Gasteiger charge is -2.30. The van der Waals surface area contributed by atoms with Crippen molar-refractivity contribution in [1.82, 2.24) is 0 Å². The molecule has 306 valence electrons. The maximum atomic E-state index is 6.68. The van der Waals surface area contributed by atoms with E-state index in [0.29, 0.717) is 5.84 Å². The minimum absolute atomic E-state index is 0.483. The van der Waals surface area contributed by atoms with Gasteiger partial charge in [-0.2, -0.15) is 0 Å². The predicted octanol–water partition coefficient (Wildman–Crippen LogP) is 15.5. The normalized spacial score (nSPS) is 15.1. The lowest BCUT2D eigenvalue weighted by molar-refractivity contribution is 0.982. The Kier molecular flexibility index (Phi) is 13.8. The first-order chi connectivity index (χ1) is 30.5. The Balaban J connectivity index is 0.00000285. The van der Waals surface area contributed by atoms with Crippen molar-refractivity contribution in [3.63, 3.8) is 0 Å². The van der Waals surface area contributed by atoms with Crippen molar-refractivity contribution in [2.24, 2.45) is 10.7 Å². The number of rotatable bonds is 10. The standard InChI is InChI=1S/C56H52N4.C2H2/c1-5-17-40(7-3)27-34-51(58-56(57)41(8-4)18-6-2)46-21-16-24-50(39-46)60-53-26-15-13-20-43(53)29-31-48-38-45(33-36-55(48)60)44-32-35-54-47(37-44)30-28-42-19-12-14-25-52(42)59(54)49-22-10-9-11-23-49;1-2/h5-11,13,15-26,28-39H,12,14,27H2,1-4H3,(H2,57,58);1-2H/b17-5-,18-6-,40-7+,41-8+,51-34-;. The van der Waals surface area contributed by atoms with Gasteiger partial charge in [0.25, 0.3) is 0 Å². The Morgan fingerprint density at radius 3 is 1.95 bits per heavy atom. The molecule has 0 unspecified atom stereocenters. The van der Waals surface area contributed by atoms with Gasteiger partial charge in [0.15, 0.2) is 0 Å². The van der Waals surface area contributed by atoms with Crippen LogP contribution in [0.2, 0.25) is 0 Å². The van der Waals surface area contributed by atoms with Crippen LogP contribution in [-0.2, 0) is 0 Å². The van der Waals surface area contributed by atoms with Gasteiger partial charge in [0.1, 0.15) is 5.84 Å². The number of fused-ring (bicyclic) bond motifs is 4. The molecule has 2 N–H and O–H groups in total. The van der Waals surface area contributed by atoms with E-state index in [4.69, 9.17) is 10.7 Å². The topological polar surface area (TPSA) is 44.9 Å². The van der Waals surface area contributed by atoms with Crippen LogP contribution in [0.25, 0.3) is 35.1 Å². The molecule has 0 atom stereocenters. The molecular weight excluding hydrogens is 753 g/mol. The summed E-state index contributed by atoms with van der Waals surface area (Å²) < 4.78 is 0. The third-order valence-corrected chi connectivity index (χ3v) is 11.2. The number of hydrogen-bond donors (Lipinski definition) is 1. The van der Waals surface area contributed by atoms with Crippen molar-refractivity contribution < 1.29 is 0 Å². The first-order valence-corrected chi connectivity index (χ1v) is 21.3. The van der Waals surface area contributed by atoms with E-state index in [1.807, 2.05) is 39.0 Å². The quantitative estimate of drug-likeness (QED) is 0.0649. The monoisotopic (exact) mass is 806 g/mol. The van der Waals surface area contributed by atoms with Crippen LogP contribution in [0.3, 0.4) is 0 Å². The summed E-state index contributed by atoms with van der Waals surface area (Å²) in [6.07, 6.45) is 39.1. The molecule has 0 saturated heterocycles. The number of allylic oxidation sites excluding steroid dienone is 10. The summed E-state index contributed by atoms with van der Waals surface area (Å²) in [5.41, 5.74) is 24.5. The lowest BCUT2D eigenvalue weighted by atomic mass is 9.98. The largest absolute Gasteiger partial charge is 0.383 e. The second-order valence-electron chi connectivity index (χ2n) is 15.1. The SMILES string of the molecule is C#C.C/C=C\C(=C/C)C\C=C(/N=C(N)\C(\C=C/C)=C\C)c1cccc(N2c3ccccc3C=Cc3cc(-c4ccc5c(c4)C=CC4=CCCC=C4N5c4ccccc4)ccc32)c1. The van der Waals surface area contributed by atoms with Crippen molar-refractivity contribution in [2.75, 3.05) is 9.80 Å². The maximum Gasteiger partial charge on any atom is 0.131 e. The second kappa shape index (κ2) is 20.1. The van der Waals surface area contributed by atoms with Gasteiger partial charge in [-0.05, 0) is 141 Å². The van der Waals surface area contributed by atoms with Crippen LogP contribution in [0.15, 0.2) is 203 Å². The van der Waals surface area contributed by atoms with Crippen molar-refractivity contribution >= 4 is 58.2 Å². The highest BCUT2D eigenvalue weighted by molar-refractivity contribution is 6.02. The molecule has 5 aromatic rings. The van der Waals surface area contributed by atoms with Gasteiger partial charge in [0.2, 0.25) is 0 Å². The van der Waals surface area contributed by atoms with Crippen LogP contribution in [0.4, 0.5) is 28.4 Å². The van der Waals surface area contributed by atoms with Gasteiger partial charge < -0.3 is 15.5 Å². The molecule has 5 aromatic carbocycles. The highest BCUT2D eigenvalue weighted by Crippen LogP contribution is 2.45. The number of nitrogens with zero attached hydrogens (tertiary/aromatic N) is 3. The van der Waals surface area contributed by atoms with E-state index in [0.717, 1.165) is 69.8 Å². The number of benzene rings is 5. The molecule has 1 aliphatic carbocycles. The Hall–Kier alpha value is -7.61. The van der Waals surface area contributed by atoms with Crippen LogP contribution >= 0.6 is 0 Å². The fraction of sp³-hybridized carbons (Fsp3) is 0.121. The average molecular weight is 807 g/mol. The van der Waals surface area contributed by atoms with Crippen LogP contribution in [0, 0.1) is 12.8 Å². The zero-order chi connectivity index (χ0) is 43.4. The van der Waals surface area contributed by atoms with Gasteiger partial charge in [-0.25, -0.2) is 4.99 Å². The summed E-state index contributed by atoms with van der Waals surface area (Å²) >= 11 is 0. The van der Waals surface area contributed by atoms with E-state index in [1.54, 1.807) is 0 Å². The summed E-state index contributed by atoms with van der Waals surface area (Å²) in [4.78, 5) is 9.85. The van der Waals surface area contributed by atoms with Gasteiger partial charge >= 0.3 is 0 Å². The number of anilines is 5. The van der Waals surface area contributed by atoms with Crippen molar-refractivity contribution in [3.05, 3.63) is 221 Å². The molecule has 0 amide bonds. The van der Waals surface area contributed by atoms with E-state index < -0.39 is 0 Å². The number of aliphatic imine (C=N–C) groups is 1. The summed E-state index contributed by atoms with van der Waals surface area (Å²) in [7, 11) is 0. The number of terminal acetylenes is 1. The smallest absolute Gasteiger partial charge is 0.131 e. The third-order valence-electron chi connectivity index (χ3n) is 11.2. The van der Waals surface area contributed by atoms with E-state index >= 15 is 0 Å². The first-order valence-electron chi connectivity index (χ1n) is 21.3. The molecule has 3 aliphatic rings. The molecule has 4 nitrogen and oxygen atoms in total. The second-order valence-corrected chi connectivity index (χ2v) is 15.1. The third kappa shape index (κ3) is 9.09. The number of amidine groups is 1. The van der Waals surface area contributed by atoms with E-state index in [2.05, 4.69) is 206 Å².